The molecule has 0 aliphatic carbocycles. The van der Waals surface area contributed by atoms with Crippen LogP contribution in [0, 0.1) is 18.3 Å². The third kappa shape index (κ3) is 3.13. The molecule has 0 spiro atoms. The van der Waals surface area contributed by atoms with Gasteiger partial charge in [-0.1, -0.05) is 19.8 Å². The Morgan fingerprint density at radius 3 is 2.31 bits per heavy atom. The number of amides is 1. The molecule has 0 fully saturated rings. The van der Waals surface area contributed by atoms with Gasteiger partial charge in [0.05, 0.1) is 0 Å². The summed E-state index contributed by atoms with van der Waals surface area (Å²) in [5.74, 6) is 2.71. The van der Waals surface area contributed by atoms with Crippen LogP contribution in [0.15, 0.2) is 24.3 Å². The van der Waals surface area contributed by atoms with Crippen LogP contribution in [0.4, 0.5) is 5.69 Å². The topological polar surface area (TPSA) is 29.1 Å². The molecule has 0 saturated heterocycles. The van der Waals surface area contributed by atoms with Crippen LogP contribution in [0.5, 0.6) is 0 Å². The zero-order valence-electron chi connectivity index (χ0n) is 9.79. The summed E-state index contributed by atoms with van der Waals surface area (Å²) < 4.78 is 0. The first kappa shape index (κ1) is 12.3. The third-order valence-corrected chi connectivity index (χ3v) is 2.68. The van der Waals surface area contributed by atoms with Crippen LogP contribution < -0.4 is 5.32 Å². The lowest BCUT2D eigenvalue weighted by molar-refractivity contribution is -0.120. The van der Waals surface area contributed by atoms with Gasteiger partial charge in [0.25, 0.3) is 0 Å². The second kappa shape index (κ2) is 5.97. The third-order valence-electron chi connectivity index (χ3n) is 2.68. The highest BCUT2D eigenvalue weighted by molar-refractivity contribution is 5.92. The normalized spacial score (nSPS) is 9.88. The van der Waals surface area contributed by atoms with Crippen LogP contribution in [0.3, 0.4) is 0 Å². The predicted molar refractivity (Wildman–Crippen MR) is 67.1 cm³/mol. The Balaban J connectivity index is 2.66. The Bertz CT molecular complexity index is 382. The fraction of sp³-hybridized carbons (Fsp3) is 0.357. The summed E-state index contributed by atoms with van der Waals surface area (Å²) >= 11 is 0. The first-order chi connectivity index (χ1) is 7.71. The van der Waals surface area contributed by atoms with Crippen LogP contribution in [0.1, 0.15) is 32.3 Å². The lowest BCUT2D eigenvalue weighted by Crippen LogP contribution is -2.21. The first-order valence-corrected chi connectivity index (χ1v) is 5.58. The maximum absolute atomic E-state index is 11.8. The molecule has 0 aromatic heterocycles. The number of nitrogens with one attached hydrogen (secondary N) is 1. The van der Waals surface area contributed by atoms with Crippen molar-refractivity contribution in [1.82, 2.24) is 0 Å². The molecule has 0 unspecified atom stereocenters. The van der Waals surface area contributed by atoms with E-state index >= 15 is 0 Å². The van der Waals surface area contributed by atoms with E-state index in [0.717, 1.165) is 24.1 Å². The Labute approximate surface area is 97.1 Å². The highest BCUT2D eigenvalue weighted by atomic mass is 16.1. The Kier molecular flexibility index (Phi) is 4.60. The predicted octanol–water partition coefficient (Wildman–Crippen LogP) is 3.04. The minimum atomic E-state index is 0.0819. The summed E-state index contributed by atoms with van der Waals surface area (Å²) in [6.45, 7) is 4.05. The lowest BCUT2D eigenvalue weighted by atomic mass is 10.0. The van der Waals surface area contributed by atoms with Crippen LogP contribution in [-0.2, 0) is 4.79 Å². The van der Waals surface area contributed by atoms with Crippen LogP contribution in [0.2, 0.25) is 0 Å². The summed E-state index contributed by atoms with van der Waals surface area (Å²) in [6, 6.07) is 7.30. The fourth-order valence-electron chi connectivity index (χ4n) is 1.55. The zero-order chi connectivity index (χ0) is 12.0. The monoisotopic (exact) mass is 215 g/mol. The molecule has 0 radical (unpaired) electrons. The lowest BCUT2D eigenvalue weighted by Gasteiger charge is -2.12. The van der Waals surface area contributed by atoms with Crippen molar-refractivity contribution in [2.45, 2.75) is 26.7 Å². The van der Waals surface area contributed by atoms with E-state index < -0.39 is 0 Å². The molecule has 0 atom stereocenters. The summed E-state index contributed by atoms with van der Waals surface area (Å²) in [4.78, 5) is 11.8. The van der Waals surface area contributed by atoms with Gasteiger partial charge in [-0.2, -0.15) is 0 Å². The molecular formula is C14H17NO. The van der Waals surface area contributed by atoms with E-state index in [2.05, 4.69) is 11.2 Å². The Morgan fingerprint density at radius 1 is 1.31 bits per heavy atom. The molecule has 16 heavy (non-hydrogen) atoms. The Morgan fingerprint density at radius 2 is 1.88 bits per heavy atom. The van der Waals surface area contributed by atoms with Crippen molar-refractivity contribution in [2.24, 2.45) is 5.92 Å². The molecule has 1 N–H and O–H groups in total. The van der Waals surface area contributed by atoms with Gasteiger partial charge in [0.2, 0.25) is 5.91 Å². The zero-order valence-corrected chi connectivity index (χ0v) is 9.79. The molecule has 0 aliphatic heterocycles. The number of benzene rings is 1. The van der Waals surface area contributed by atoms with Crippen molar-refractivity contribution < 1.29 is 4.79 Å². The van der Waals surface area contributed by atoms with Crippen molar-refractivity contribution in [3.63, 3.8) is 0 Å². The summed E-state index contributed by atoms with van der Waals surface area (Å²) in [5, 5.41) is 2.89. The Hall–Kier alpha value is -1.75. The molecule has 1 aromatic rings. The van der Waals surface area contributed by atoms with Gasteiger partial charge in [-0.3, -0.25) is 4.79 Å². The molecule has 84 valence electrons. The second-order valence-electron chi connectivity index (χ2n) is 3.72. The molecule has 2 nitrogen and oxygen atoms in total. The number of carbonyl (C=O) groups excluding carboxylic acids is 1. The van der Waals surface area contributed by atoms with E-state index in [-0.39, 0.29) is 11.8 Å². The van der Waals surface area contributed by atoms with E-state index in [1.54, 1.807) is 0 Å². The SMILES string of the molecule is C#Cc1ccc(NC(=O)C(CC)CC)cc1. The number of rotatable bonds is 4. The van der Waals surface area contributed by atoms with Crippen molar-refractivity contribution in [1.29, 1.82) is 0 Å². The quantitative estimate of drug-likeness (QED) is 0.768. The molecule has 1 rings (SSSR count). The highest BCUT2D eigenvalue weighted by Gasteiger charge is 2.13. The number of anilines is 1. The minimum absolute atomic E-state index is 0.0819. The first-order valence-electron chi connectivity index (χ1n) is 5.58. The second-order valence-corrected chi connectivity index (χ2v) is 3.72. The van der Waals surface area contributed by atoms with E-state index in [1.807, 2.05) is 38.1 Å². The molecule has 0 saturated carbocycles. The van der Waals surface area contributed by atoms with Crippen LogP contribution >= 0.6 is 0 Å². The molecule has 2 heteroatoms. The maximum atomic E-state index is 11.8. The van der Waals surface area contributed by atoms with E-state index in [9.17, 15) is 4.79 Å². The largest absolute Gasteiger partial charge is 0.326 e. The minimum Gasteiger partial charge on any atom is -0.326 e. The van der Waals surface area contributed by atoms with Crippen LogP contribution in [-0.4, -0.2) is 5.91 Å². The van der Waals surface area contributed by atoms with Crippen molar-refractivity contribution in [2.75, 3.05) is 5.32 Å². The van der Waals surface area contributed by atoms with Gasteiger partial charge >= 0.3 is 0 Å². The molecule has 0 aliphatic rings. The molecule has 0 heterocycles. The molecule has 1 amide bonds. The molecule has 0 bridgehead atoms. The maximum Gasteiger partial charge on any atom is 0.227 e. The van der Waals surface area contributed by atoms with Gasteiger partial charge in [0.15, 0.2) is 0 Å². The van der Waals surface area contributed by atoms with E-state index in [1.165, 1.54) is 0 Å². The van der Waals surface area contributed by atoms with Gasteiger partial charge < -0.3 is 5.32 Å². The number of carbonyl (C=O) groups is 1. The van der Waals surface area contributed by atoms with E-state index in [0.29, 0.717) is 0 Å². The van der Waals surface area contributed by atoms with Crippen molar-refractivity contribution in [3.05, 3.63) is 29.8 Å². The van der Waals surface area contributed by atoms with Gasteiger partial charge in [-0.25, -0.2) is 0 Å². The van der Waals surface area contributed by atoms with Gasteiger partial charge in [-0.05, 0) is 37.1 Å². The summed E-state index contributed by atoms with van der Waals surface area (Å²) in [7, 11) is 0. The average molecular weight is 215 g/mol. The van der Waals surface area contributed by atoms with E-state index in [4.69, 9.17) is 6.42 Å². The molecular weight excluding hydrogens is 198 g/mol. The van der Waals surface area contributed by atoms with Crippen molar-refractivity contribution >= 4 is 11.6 Å². The summed E-state index contributed by atoms with van der Waals surface area (Å²) in [5.41, 5.74) is 1.62. The standard InChI is InChI=1S/C14H17NO/c1-4-11-7-9-13(10-8-11)15-14(16)12(5-2)6-3/h1,7-10,12H,5-6H2,2-3H3,(H,15,16). The number of hydrogen-bond donors (Lipinski definition) is 1. The number of terminal acetylenes is 1. The van der Waals surface area contributed by atoms with Crippen LogP contribution in [0.25, 0.3) is 0 Å². The summed E-state index contributed by atoms with van der Waals surface area (Å²) in [6.07, 6.45) is 6.99. The fourth-order valence-corrected chi connectivity index (χ4v) is 1.55. The average Bonchev–Trinajstić information content (AvgIpc) is 2.31. The number of hydrogen-bond acceptors (Lipinski definition) is 1. The van der Waals surface area contributed by atoms with Gasteiger partial charge in [-0.15, -0.1) is 6.42 Å². The van der Waals surface area contributed by atoms with Gasteiger partial charge in [0, 0.05) is 17.2 Å². The highest BCUT2D eigenvalue weighted by Crippen LogP contribution is 2.13. The molecule has 1 aromatic carbocycles. The van der Waals surface area contributed by atoms with Crippen molar-refractivity contribution in [3.8, 4) is 12.3 Å². The smallest absolute Gasteiger partial charge is 0.227 e. The van der Waals surface area contributed by atoms with Gasteiger partial charge in [0.1, 0.15) is 0 Å².